The molecule has 5 rings (SSSR count). The number of sulfonamides is 1. The fourth-order valence-electron chi connectivity index (χ4n) is 5.59. The van der Waals surface area contributed by atoms with Crippen molar-refractivity contribution in [2.45, 2.75) is 29.8 Å². The van der Waals surface area contributed by atoms with Crippen LogP contribution in [0.5, 0.6) is 0 Å². The first-order valence-corrected chi connectivity index (χ1v) is 15.2. The van der Waals surface area contributed by atoms with E-state index in [9.17, 15) is 28.1 Å². The molecule has 2 fully saturated rings. The Morgan fingerprint density at radius 2 is 1.64 bits per heavy atom. The molecule has 2 heterocycles. The number of nitrogens with zero attached hydrogens (tertiary/aromatic N) is 5. The number of halogens is 1. The fourth-order valence-corrected chi connectivity index (χ4v) is 7.24. The zero-order valence-corrected chi connectivity index (χ0v) is 24.5. The van der Waals surface area contributed by atoms with Gasteiger partial charge in [-0.3, -0.25) is 19.7 Å². The standard InChI is InChI=1S/C29H30ClN5O6S/c1-31(19-22-8-4-2-5-9-22)27(36)20-32-21-34(23-10-6-3-7-11-23)29(28(32)37)14-16-33(17-15-29)42(40,41)24-12-13-25(30)26(18-24)35(38)39/h2-13,18H,14-17,19-21H2,1H3. The number of carbonyl (C=O) groups excluding carboxylic acids is 2. The average molecular weight is 612 g/mol. The average Bonchev–Trinajstić information content (AvgIpc) is 3.24. The fraction of sp³-hybridized carbons (Fsp3) is 0.310. The molecule has 42 heavy (non-hydrogen) atoms. The SMILES string of the molecule is CN(Cc1ccccc1)C(=O)CN1CN(c2ccccc2)C2(CCN(S(=O)(=O)c3ccc(Cl)c([N+](=O)[O-])c3)CC2)C1=O. The summed E-state index contributed by atoms with van der Waals surface area (Å²) in [4.78, 5) is 42.6. The Labute approximate surface area is 249 Å². The summed E-state index contributed by atoms with van der Waals surface area (Å²) in [6.07, 6.45) is 0.361. The van der Waals surface area contributed by atoms with Crippen LogP contribution in [0.15, 0.2) is 83.8 Å². The molecule has 0 aromatic heterocycles. The lowest BCUT2D eigenvalue weighted by atomic mass is 9.86. The van der Waals surface area contributed by atoms with Crippen molar-refractivity contribution >= 4 is 44.8 Å². The highest BCUT2D eigenvalue weighted by atomic mass is 35.5. The molecule has 13 heteroatoms. The molecule has 2 amide bonds. The monoisotopic (exact) mass is 611 g/mol. The highest BCUT2D eigenvalue weighted by Gasteiger charge is 2.55. The van der Waals surface area contributed by atoms with Crippen LogP contribution < -0.4 is 4.90 Å². The normalized spacial score (nSPS) is 17.0. The molecule has 11 nitrogen and oxygen atoms in total. The van der Waals surface area contributed by atoms with Crippen molar-refractivity contribution in [3.63, 3.8) is 0 Å². The highest BCUT2D eigenvalue weighted by Crippen LogP contribution is 2.41. The molecule has 0 aliphatic carbocycles. The van der Waals surface area contributed by atoms with Gasteiger partial charge in [0.1, 0.15) is 17.1 Å². The maximum absolute atomic E-state index is 14.0. The molecule has 3 aromatic carbocycles. The number of hydrogen-bond donors (Lipinski definition) is 0. The number of anilines is 1. The molecule has 0 unspecified atom stereocenters. The van der Waals surface area contributed by atoms with Crippen molar-refractivity contribution in [1.82, 2.24) is 14.1 Å². The first-order chi connectivity index (χ1) is 20.0. The Bertz CT molecular complexity index is 1600. The third-order valence-electron chi connectivity index (χ3n) is 7.90. The van der Waals surface area contributed by atoms with E-state index in [1.807, 2.05) is 65.6 Å². The van der Waals surface area contributed by atoms with Crippen molar-refractivity contribution in [2.24, 2.45) is 0 Å². The molecule has 3 aromatic rings. The lowest BCUT2D eigenvalue weighted by Gasteiger charge is -2.42. The Hall–Kier alpha value is -4.00. The summed E-state index contributed by atoms with van der Waals surface area (Å²) < 4.78 is 28.1. The van der Waals surface area contributed by atoms with E-state index in [-0.39, 0.29) is 60.9 Å². The van der Waals surface area contributed by atoms with E-state index in [2.05, 4.69) is 0 Å². The third kappa shape index (κ3) is 5.57. The van der Waals surface area contributed by atoms with Gasteiger partial charge in [0, 0.05) is 38.4 Å². The predicted octanol–water partition coefficient (Wildman–Crippen LogP) is 3.74. The van der Waals surface area contributed by atoms with Crippen LogP contribution in [0.25, 0.3) is 0 Å². The van der Waals surface area contributed by atoms with Crippen LogP contribution in [0.3, 0.4) is 0 Å². The molecule has 2 saturated heterocycles. The Morgan fingerprint density at radius 3 is 2.26 bits per heavy atom. The second-order valence-corrected chi connectivity index (χ2v) is 12.8. The van der Waals surface area contributed by atoms with E-state index < -0.39 is 26.2 Å². The van der Waals surface area contributed by atoms with Gasteiger partial charge >= 0.3 is 0 Å². The summed E-state index contributed by atoms with van der Waals surface area (Å²) in [5, 5.41) is 11.2. The van der Waals surface area contributed by atoms with Crippen LogP contribution >= 0.6 is 11.6 Å². The molecular formula is C29H30ClN5O6S. The zero-order chi connectivity index (χ0) is 30.1. The molecule has 0 atom stereocenters. The van der Waals surface area contributed by atoms with E-state index in [4.69, 9.17) is 11.6 Å². The summed E-state index contributed by atoms with van der Waals surface area (Å²) in [5.74, 6) is -0.436. The Balaban J connectivity index is 1.36. The minimum Gasteiger partial charge on any atom is -0.340 e. The molecular weight excluding hydrogens is 582 g/mol. The minimum absolute atomic E-state index is 0.0174. The second-order valence-electron chi connectivity index (χ2n) is 10.4. The molecule has 0 radical (unpaired) electrons. The molecule has 2 aliphatic heterocycles. The molecule has 0 N–H and O–H groups in total. The van der Waals surface area contributed by atoms with Gasteiger partial charge in [-0.15, -0.1) is 0 Å². The number of nitro groups is 1. The van der Waals surface area contributed by atoms with Gasteiger partial charge < -0.3 is 14.7 Å². The first kappa shape index (κ1) is 29.5. The van der Waals surface area contributed by atoms with E-state index in [1.165, 1.54) is 21.3 Å². The third-order valence-corrected chi connectivity index (χ3v) is 10.1. The summed E-state index contributed by atoms with van der Waals surface area (Å²) >= 11 is 5.88. The summed E-state index contributed by atoms with van der Waals surface area (Å²) in [5.41, 5.74) is 0.230. The van der Waals surface area contributed by atoms with Gasteiger partial charge in [0.15, 0.2) is 0 Å². The number of para-hydroxylation sites is 1. The summed E-state index contributed by atoms with van der Waals surface area (Å²) in [6.45, 7) is 0.519. The van der Waals surface area contributed by atoms with Gasteiger partial charge in [0.25, 0.3) is 5.69 Å². The minimum atomic E-state index is -4.09. The van der Waals surface area contributed by atoms with Gasteiger partial charge in [-0.2, -0.15) is 4.31 Å². The zero-order valence-electron chi connectivity index (χ0n) is 22.9. The van der Waals surface area contributed by atoms with Crippen LogP contribution in [0.1, 0.15) is 18.4 Å². The number of rotatable bonds is 8. The lowest BCUT2D eigenvalue weighted by Crippen LogP contribution is -2.57. The Kier molecular flexibility index (Phi) is 8.22. The second kappa shape index (κ2) is 11.7. The van der Waals surface area contributed by atoms with Crippen molar-refractivity contribution in [3.05, 3.63) is 99.6 Å². The van der Waals surface area contributed by atoms with Crippen LogP contribution in [0.4, 0.5) is 11.4 Å². The number of likely N-dealkylation sites (N-methyl/N-ethyl adjacent to an activating group) is 1. The summed E-state index contributed by atoms with van der Waals surface area (Å²) in [7, 11) is -2.39. The van der Waals surface area contributed by atoms with Crippen molar-refractivity contribution in [1.29, 1.82) is 0 Å². The van der Waals surface area contributed by atoms with E-state index in [0.717, 1.165) is 17.3 Å². The number of nitro benzene ring substituents is 1. The van der Waals surface area contributed by atoms with Crippen LogP contribution in [-0.4, -0.2) is 78.2 Å². The first-order valence-electron chi connectivity index (χ1n) is 13.4. The molecule has 0 saturated carbocycles. The van der Waals surface area contributed by atoms with Gasteiger partial charge in [-0.1, -0.05) is 60.1 Å². The number of carbonyl (C=O) groups is 2. The van der Waals surface area contributed by atoms with Gasteiger partial charge in [0.2, 0.25) is 21.8 Å². The molecule has 220 valence electrons. The van der Waals surface area contributed by atoms with Crippen LogP contribution in [0, 0.1) is 10.1 Å². The lowest BCUT2D eigenvalue weighted by molar-refractivity contribution is -0.384. The van der Waals surface area contributed by atoms with Gasteiger partial charge in [-0.05, 0) is 42.7 Å². The smallest absolute Gasteiger partial charge is 0.289 e. The quantitative estimate of drug-likeness (QED) is 0.281. The molecule has 1 spiro atoms. The Morgan fingerprint density at radius 1 is 1.02 bits per heavy atom. The van der Waals surface area contributed by atoms with Gasteiger partial charge in [-0.25, -0.2) is 8.42 Å². The molecule has 2 aliphatic rings. The van der Waals surface area contributed by atoms with Crippen molar-refractivity contribution < 1.29 is 22.9 Å². The van der Waals surface area contributed by atoms with E-state index in [1.54, 1.807) is 11.9 Å². The maximum atomic E-state index is 14.0. The van der Waals surface area contributed by atoms with Crippen LogP contribution in [-0.2, 0) is 26.2 Å². The predicted molar refractivity (Wildman–Crippen MR) is 157 cm³/mol. The largest absolute Gasteiger partial charge is 0.340 e. The number of amides is 2. The topological polar surface area (TPSA) is 124 Å². The molecule has 0 bridgehead atoms. The van der Waals surface area contributed by atoms with E-state index in [0.29, 0.717) is 6.54 Å². The number of piperidine rings is 1. The van der Waals surface area contributed by atoms with E-state index >= 15 is 0 Å². The maximum Gasteiger partial charge on any atom is 0.289 e. The van der Waals surface area contributed by atoms with Gasteiger partial charge in [0.05, 0.1) is 16.5 Å². The van der Waals surface area contributed by atoms with Crippen molar-refractivity contribution in [2.75, 3.05) is 38.3 Å². The van der Waals surface area contributed by atoms with Crippen LogP contribution in [0.2, 0.25) is 5.02 Å². The highest BCUT2D eigenvalue weighted by molar-refractivity contribution is 7.89. The summed E-state index contributed by atoms with van der Waals surface area (Å²) in [6, 6.07) is 22.3. The van der Waals surface area contributed by atoms with Crippen molar-refractivity contribution in [3.8, 4) is 0 Å². The number of benzene rings is 3. The number of hydrogen-bond acceptors (Lipinski definition) is 7.